The lowest BCUT2D eigenvalue weighted by Gasteiger charge is -2.14. The van der Waals surface area contributed by atoms with E-state index in [1.165, 1.54) is 38.0 Å². The minimum atomic E-state index is -0.692. The number of hydrogen-bond donors (Lipinski definition) is 3. The molecule has 2 heterocycles. The summed E-state index contributed by atoms with van der Waals surface area (Å²) in [5, 5.41) is 8.94. The molecule has 2 amide bonds. The van der Waals surface area contributed by atoms with Gasteiger partial charge in [0, 0.05) is 31.0 Å². The molecule has 1 aliphatic rings. The van der Waals surface area contributed by atoms with Crippen molar-refractivity contribution in [3.8, 4) is 5.95 Å². The number of nitrogens with one attached hydrogen (secondary N) is 3. The van der Waals surface area contributed by atoms with E-state index in [2.05, 4.69) is 20.9 Å². The summed E-state index contributed by atoms with van der Waals surface area (Å²) >= 11 is 0. The summed E-state index contributed by atoms with van der Waals surface area (Å²) in [6.07, 6.45) is 8.53. The number of carbonyl (C=O) groups excluding carboxylic acids is 2. The fourth-order valence-electron chi connectivity index (χ4n) is 4.01. The van der Waals surface area contributed by atoms with Crippen LogP contribution in [0, 0.1) is 5.92 Å². The molecule has 0 saturated heterocycles. The maximum absolute atomic E-state index is 12.7. The second-order valence-electron chi connectivity index (χ2n) is 8.09. The van der Waals surface area contributed by atoms with Crippen LogP contribution >= 0.6 is 0 Å². The Bertz CT molecular complexity index is 1060. The average molecular weight is 449 g/mol. The summed E-state index contributed by atoms with van der Waals surface area (Å²) in [5.74, 6) is 1.12. The van der Waals surface area contributed by atoms with Gasteiger partial charge in [0.25, 0.3) is 11.9 Å². The van der Waals surface area contributed by atoms with Crippen LogP contribution in [-0.2, 0) is 6.54 Å². The van der Waals surface area contributed by atoms with E-state index in [4.69, 9.17) is 9.15 Å². The molecule has 2 aromatic heterocycles. The first kappa shape index (κ1) is 22.4. The van der Waals surface area contributed by atoms with Gasteiger partial charge in [-0.05, 0) is 48.2 Å². The Labute approximate surface area is 192 Å². The summed E-state index contributed by atoms with van der Waals surface area (Å²) in [7, 11) is 0. The van der Waals surface area contributed by atoms with Gasteiger partial charge in [-0.2, -0.15) is 0 Å². The smallest absolute Gasteiger partial charge is 0.420 e. The summed E-state index contributed by atoms with van der Waals surface area (Å²) in [6.45, 7) is 1.15. The van der Waals surface area contributed by atoms with Crippen LogP contribution in [0.2, 0.25) is 0 Å². The highest BCUT2D eigenvalue weighted by atomic mass is 16.6. The number of para-hydroxylation sites is 1. The Morgan fingerprint density at radius 3 is 2.76 bits per heavy atom. The van der Waals surface area contributed by atoms with Crippen molar-refractivity contribution in [1.29, 1.82) is 0 Å². The largest absolute Gasteiger partial charge is 0.434 e. The van der Waals surface area contributed by atoms with Gasteiger partial charge in [-0.25, -0.2) is 9.78 Å². The van der Waals surface area contributed by atoms with Gasteiger partial charge >= 0.3 is 6.09 Å². The summed E-state index contributed by atoms with van der Waals surface area (Å²) in [6, 6.07) is 14.2. The topological polar surface area (TPSA) is 105 Å². The molecule has 4 rings (SSSR count). The predicted molar refractivity (Wildman–Crippen MR) is 125 cm³/mol. The number of aromatic nitrogens is 1. The number of nitrogens with zero attached hydrogens (tertiary/aromatic N) is 1. The van der Waals surface area contributed by atoms with Crippen LogP contribution in [0.15, 0.2) is 65.4 Å². The van der Waals surface area contributed by atoms with Crippen molar-refractivity contribution in [2.75, 3.05) is 17.2 Å². The Morgan fingerprint density at radius 1 is 1.09 bits per heavy atom. The van der Waals surface area contributed by atoms with Crippen molar-refractivity contribution in [3.05, 3.63) is 72.1 Å². The van der Waals surface area contributed by atoms with Crippen molar-refractivity contribution in [2.45, 2.75) is 38.6 Å². The Kier molecular flexibility index (Phi) is 7.58. The molecule has 1 fully saturated rings. The lowest BCUT2D eigenvalue weighted by atomic mass is 10.0. The summed E-state index contributed by atoms with van der Waals surface area (Å²) in [4.78, 5) is 28.8. The van der Waals surface area contributed by atoms with Crippen LogP contribution in [0.25, 0.3) is 0 Å². The monoisotopic (exact) mass is 448 g/mol. The van der Waals surface area contributed by atoms with E-state index in [-0.39, 0.29) is 11.9 Å². The molecule has 0 spiro atoms. The van der Waals surface area contributed by atoms with Gasteiger partial charge < -0.3 is 19.8 Å². The van der Waals surface area contributed by atoms with E-state index >= 15 is 0 Å². The molecule has 8 heteroatoms. The lowest BCUT2D eigenvalue weighted by molar-refractivity contribution is 0.0952. The minimum Gasteiger partial charge on any atom is -0.434 e. The number of carbonyl (C=O) groups is 2. The molecule has 0 atom stereocenters. The Hall–Kier alpha value is -3.81. The number of hydrogen-bond acceptors (Lipinski definition) is 6. The second kappa shape index (κ2) is 11.2. The standard InChI is InChI=1S/C25H28N4O4/c30-24(27-14-11-18-6-1-2-7-18)20-8-3-4-9-21(20)28-17-19-12-13-26-22(16-19)29-25(31)33-23-10-5-15-32-23/h3-5,8-10,12-13,15-16,18,28H,1-2,6-7,11,14,17H2,(H,27,30)(H,26,29,31). The number of anilines is 2. The van der Waals surface area contributed by atoms with Crippen molar-refractivity contribution in [2.24, 2.45) is 5.92 Å². The van der Waals surface area contributed by atoms with Gasteiger partial charge in [0.2, 0.25) is 0 Å². The average Bonchev–Trinajstić information content (AvgIpc) is 3.52. The van der Waals surface area contributed by atoms with E-state index in [9.17, 15) is 9.59 Å². The number of amides is 2. The molecule has 172 valence electrons. The normalized spacial score (nSPS) is 13.5. The van der Waals surface area contributed by atoms with Gasteiger partial charge in [0.1, 0.15) is 5.82 Å². The molecule has 33 heavy (non-hydrogen) atoms. The van der Waals surface area contributed by atoms with Crippen LogP contribution in [-0.4, -0.2) is 23.5 Å². The lowest BCUT2D eigenvalue weighted by Crippen LogP contribution is -2.26. The van der Waals surface area contributed by atoms with Crippen molar-refractivity contribution in [3.63, 3.8) is 0 Å². The molecule has 0 radical (unpaired) electrons. The van der Waals surface area contributed by atoms with Crippen molar-refractivity contribution < 1.29 is 18.7 Å². The number of furan rings is 1. The Balaban J connectivity index is 1.31. The molecule has 3 aromatic rings. The second-order valence-corrected chi connectivity index (χ2v) is 8.09. The van der Waals surface area contributed by atoms with Crippen molar-refractivity contribution in [1.82, 2.24) is 10.3 Å². The first-order valence-electron chi connectivity index (χ1n) is 11.3. The molecule has 0 bridgehead atoms. The highest BCUT2D eigenvalue weighted by Crippen LogP contribution is 2.27. The molecule has 1 aliphatic carbocycles. The highest BCUT2D eigenvalue weighted by Gasteiger charge is 2.16. The number of pyridine rings is 1. The first-order chi connectivity index (χ1) is 16.2. The third-order valence-electron chi connectivity index (χ3n) is 5.71. The van der Waals surface area contributed by atoms with Crippen LogP contribution in [0.3, 0.4) is 0 Å². The van der Waals surface area contributed by atoms with E-state index in [1.807, 2.05) is 30.3 Å². The first-order valence-corrected chi connectivity index (χ1v) is 11.3. The zero-order valence-electron chi connectivity index (χ0n) is 18.4. The maximum atomic E-state index is 12.7. The van der Waals surface area contributed by atoms with Gasteiger partial charge in [0.15, 0.2) is 0 Å². The van der Waals surface area contributed by atoms with E-state index < -0.39 is 6.09 Å². The molecule has 0 aliphatic heterocycles. The van der Waals surface area contributed by atoms with Crippen LogP contribution in [0.4, 0.5) is 16.3 Å². The van der Waals surface area contributed by atoms with Gasteiger partial charge in [-0.15, -0.1) is 0 Å². The van der Waals surface area contributed by atoms with Gasteiger partial charge in [-0.1, -0.05) is 37.8 Å². The SMILES string of the molecule is O=C(Nc1cc(CNc2ccccc2C(=O)NCCC2CCCC2)ccn1)Oc1ccco1. The minimum absolute atomic E-state index is 0.0751. The molecule has 0 unspecified atom stereocenters. The zero-order valence-corrected chi connectivity index (χ0v) is 18.4. The molecular formula is C25H28N4O4. The molecule has 1 aromatic carbocycles. The predicted octanol–water partition coefficient (Wildman–Crippen LogP) is 5.21. The van der Waals surface area contributed by atoms with Crippen LogP contribution in [0.1, 0.15) is 48.0 Å². The highest BCUT2D eigenvalue weighted by molar-refractivity contribution is 5.99. The van der Waals surface area contributed by atoms with E-state index in [0.717, 1.165) is 23.6 Å². The fourth-order valence-corrected chi connectivity index (χ4v) is 4.01. The zero-order chi connectivity index (χ0) is 22.9. The van der Waals surface area contributed by atoms with Crippen LogP contribution in [0.5, 0.6) is 5.95 Å². The third-order valence-corrected chi connectivity index (χ3v) is 5.71. The summed E-state index contributed by atoms with van der Waals surface area (Å²) < 4.78 is 10.0. The maximum Gasteiger partial charge on any atom is 0.420 e. The number of rotatable bonds is 9. The van der Waals surface area contributed by atoms with E-state index in [0.29, 0.717) is 24.5 Å². The fraction of sp³-hybridized carbons (Fsp3) is 0.320. The third kappa shape index (κ3) is 6.58. The number of ether oxygens (including phenoxy) is 1. The van der Waals surface area contributed by atoms with Gasteiger partial charge in [0.05, 0.1) is 11.8 Å². The van der Waals surface area contributed by atoms with E-state index in [1.54, 1.807) is 18.3 Å². The molecule has 1 saturated carbocycles. The quantitative estimate of drug-likeness (QED) is 0.415. The molecular weight excluding hydrogens is 420 g/mol. The van der Waals surface area contributed by atoms with Gasteiger partial charge in [-0.3, -0.25) is 10.1 Å². The number of benzene rings is 1. The van der Waals surface area contributed by atoms with Crippen molar-refractivity contribution >= 4 is 23.5 Å². The summed E-state index contributed by atoms with van der Waals surface area (Å²) in [5.41, 5.74) is 2.24. The molecule has 8 nitrogen and oxygen atoms in total. The van der Waals surface area contributed by atoms with Crippen LogP contribution < -0.4 is 20.7 Å². The molecule has 3 N–H and O–H groups in total. The Morgan fingerprint density at radius 2 is 1.94 bits per heavy atom.